The quantitative estimate of drug-likeness (QED) is 0.571. The second kappa shape index (κ2) is 4.74. The molecule has 7 atom stereocenters. The van der Waals surface area contributed by atoms with E-state index in [2.05, 4.69) is 19.9 Å². The van der Waals surface area contributed by atoms with Crippen LogP contribution in [-0.2, 0) is 0 Å². The zero-order chi connectivity index (χ0) is 14.7. The lowest BCUT2D eigenvalue weighted by Gasteiger charge is -2.60. The third-order valence-electron chi connectivity index (χ3n) is 8.74. The average molecular weight is 285 g/mol. The fourth-order valence-corrected chi connectivity index (χ4v) is 7.51. The minimum absolute atomic E-state index is 0.348. The van der Waals surface area contributed by atoms with E-state index in [1.54, 1.807) is 0 Å². The van der Waals surface area contributed by atoms with Gasteiger partial charge >= 0.3 is 0 Å². The van der Waals surface area contributed by atoms with Gasteiger partial charge in [0.15, 0.2) is 0 Å². The highest BCUT2D eigenvalue weighted by atomic mass is 14.6. The van der Waals surface area contributed by atoms with Gasteiger partial charge in [0, 0.05) is 0 Å². The average Bonchev–Trinajstić information content (AvgIpc) is 2.83. The molecule has 0 aromatic heterocycles. The summed E-state index contributed by atoms with van der Waals surface area (Å²) in [6, 6.07) is 2.66. The smallest absolute Gasteiger partial charge is 0.0661 e. The minimum Gasteiger partial charge on any atom is -0.198 e. The Labute approximate surface area is 130 Å². The number of fused-ring (bicyclic) bond motifs is 5. The number of hydrogen-bond acceptors (Lipinski definition) is 1. The Morgan fingerprint density at radius 2 is 1.62 bits per heavy atom. The van der Waals surface area contributed by atoms with Crippen LogP contribution < -0.4 is 0 Å². The molecule has 0 radical (unpaired) electrons. The maximum atomic E-state index is 9.55. The molecule has 0 aromatic carbocycles. The lowest BCUT2D eigenvalue weighted by Crippen LogP contribution is -2.52. The minimum atomic E-state index is 0.348. The second-order valence-corrected chi connectivity index (χ2v) is 9.21. The molecule has 4 rings (SSSR count). The van der Waals surface area contributed by atoms with E-state index >= 15 is 0 Å². The van der Waals surface area contributed by atoms with Gasteiger partial charge in [-0.25, -0.2) is 0 Å². The van der Waals surface area contributed by atoms with E-state index in [1.165, 1.54) is 64.2 Å². The maximum absolute atomic E-state index is 9.55. The molecule has 1 heteroatoms. The van der Waals surface area contributed by atoms with Crippen LogP contribution >= 0.6 is 0 Å². The van der Waals surface area contributed by atoms with Crippen LogP contribution in [0.1, 0.15) is 78.1 Å². The van der Waals surface area contributed by atoms with E-state index in [-0.39, 0.29) is 0 Å². The molecule has 0 spiro atoms. The highest BCUT2D eigenvalue weighted by Crippen LogP contribution is 2.67. The summed E-state index contributed by atoms with van der Waals surface area (Å²) in [6.07, 6.45) is 14.2. The van der Waals surface area contributed by atoms with Crippen LogP contribution in [0.15, 0.2) is 0 Å². The number of nitrogens with zero attached hydrogens (tertiary/aromatic N) is 1. The van der Waals surface area contributed by atoms with Crippen molar-refractivity contribution in [1.82, 2.24) is 0 Å². The molecular weight excluding hydrogens is 254 g/mol. The Hall–Kier alpha value is -0.510. The first-order valence-corrected chi connectivity index (χ1v) is 9.49. The van der Waals surface area contributed by atoms with Crippen molar-refractivity contribution in [2.24, 2.45) is 40.4 Å². The zero-order valence-electron chi connectivity index (χ0n) is 13.9. The normalized spacial score (nSPS) is 56.0. The van der Waals surface area contributed by atoms with Crippen LogP contribution in [0.3, 0.4) is 0 Å². The highest BCUT2D eigenvalue weighted by molar-refractivity contribution is 5.12. The molecular formula is C20H31N. The Balaban J connectivity index is 1.64. The fourth-order valence-electron chi connectivity index (χ4n) is 7.51. The van der Waals surface area contributed by atoms with Crippen LogP contribution in [0.25, 0.3) is 0 Å². The summed E-state index contributed by atoms with van der Waals surface area (Å²) in [7, 11) is 0. The highest BCUT2D eigenvalue weighted by Gasteiger charge is 2.59. The van der Waals surface area contributed by atoms with Crippen molar-refractivity contribution < 1.29 is 0 Å². The lowest BCUT2D eigenvalue weighted by atomic mass is 9.45. The predicted octanol–water partition coefficient (Wildman–Crippen LogP) is 5.56. The SMILES string of the molecule is C[C@]12CCCCC1CC[C@@H]1[C@H]2CC[C@]2(C)C(C#N)CC[C@@H]12. The molecule has 0 heterocycles. The summed E-state index contributed by atoms with van der Waals surface area (Å²) in [5, 5.41) is 9.55. The molecule has 0 bridgehead atoms. The van der Waals surface area contributed by atoms with Gasteiger partial charge in [0.1, 0.15) is 0 Å². The Bertz CT molecular complexity index is 463. The molecule has 4 aliphatic carbocycles. The van der Waals surface area contributed by atoms with Crippen molar-refractivity contribution in [1.29, 1.82) is 5.26 Å². The van der Waals surface area contributed by atoms with Crippen molar-refractivity contribution in [3.63, 3.8) is 0 Å². The Kier molecular flexibility index (Phi) is 3.18. The monoisotopic (exact) mass is 285 g/mol. The van der Waals surface area contributed by atoms with Crippen LogP contribution in [0.4, 0.5) is 0 Å². The summed E-state index contributed by atoms with van der Waals surface area (Å²) >= 11 is 0. The predicted molar refractivity (Wildman–Crippen MR) is 85.4 cm³/mol. The zero-order valence-corrected chi connectivity index (χ0v) is 13.9. The first kappa shape index (κ1) is 14.1. The largest absolute Gasteiger partial charge is 0.198 e. The molecule has 0 N–H and O–H groups in total. The fraction of sp³-hybridized carbons (Fsp3) is 0.950. The molecule has 0 aromatic rings. The maximum Gasteiger partial charge on any atom is 0.0661 e. The summed E-state index contributed by atoms with van der Waals surface area (Å²) in [4.78, 5) is 0. The number of nitriles is 1. The lowest BCUT2D eigenvalue weighted by molar-refractivity contribution is -0.107. The summed E-state index contributed by atoms with van der Waals surface area (Å²) < 4.78 is 0. The van der Waals surface area contributed by atoms with Crippen molar-refractivity contribution in [2.75, 3.05) is 0 Å². The molecule has 0 aliphatic heterocycles. The third kappa shape index (κ3) is 1.80. The van der Waals surface area contributed by atoms with Crippen molar-refractivity contribution in [3.8, 4) is 6.07 Å². The van der Waals surface area contributed by atoms with E-state index in [4.69, 9.17) is 0 Å². The van der Waals surface area contributed by atoms with E-state index in [0.29, 0.717) is 16.7 Å². The van der Waals surface area contributed by atoms with Crippen LogP contribution in [-0.4, -0.2) is 0 Å². The molecule has 4 fully saturated rings. The van der Waals surface area contributed by atoms with Gasteiger partial charge in [-0.15, -0.1) is 0 Å². The molecule has 21 heavy (non-hydrogen) atoms. The Morgan fingerprint density at radius 3 is 2.43 bits per heavy atom. The molecule has 1 nitrogen and oxygen atoms in total. The molecule has 0 amide bonds. The topological polar surface area (TPSA) is 23.8 Å². The van der Waals surface area contributed by atoms with Gasteiger partial charge in [-0.3, -0.25) is 0 Å². The van der Waals surface area contributed by atoms with E-state index in [9.17, 15) is 5.26 Å². The van der Waals surface area contributed by atoms with E-state index < -0.39 is 0 Å². The van der Waals surface area contributed by atoms with Gasteiger partial charge in [-0.1, -0.05) is 26.7 Å². The third-order valence-corrected chi connectivity index (χ3v) is 8.74. The molecule has 0 saturated heterocycles. The van der Waals surface area contributed by atoms with E-state index in [0.717, 1.165) is 23.7 Å². The van der Waals surface area contributed by atoms with Crippen molar-refractivity contribution in [3.05, 3.63) is 0 Å². The molecule has 4 saturated carbocycles. The van der Waals surface area contributed by atoms with Crippen LogP contribution in [0.5, 0.6) is 0 Å². The van der Waals surface area contributed by atoms with Crippen molar-refractivity contribution in [2.45, 2.75) is 78.1 Å². The Morgan fingerprint density at radius 1 is 0.810 bits per heavy atom. The second-order valence-electron chi connectivity index (χ2n) is 9.21. The standard InChI is InChI=1S/C20H31N/c1-19-11-4-3-5-14(19)6-8-16-17-9-7-15(13-21)20(17,2)12-10-18(16)19/h14-18H,3-12H2,1-2H3/t14?,15?,16-,17-,18+,19-,20+/m0/s1. The van der Waals surface area contributed by atoms with E-state index in [1.807, 2.05) is 0 Å². The summed E-state index contributed by atoms with van der Waals surface area (Å²) in [5.41, 5.74) is 1.00. The molecule has 116 valence electrons. The number of hydrogen-bond donors (Lipinski definition) is 0. The van der Waals surface area contributed by atoms with Gasteiger partial charge in [0.05, 0.1) is 12.0 Å². The summed E-state index contributed by atoms with van der Waals surface area (Å²) in [5.74, 6) is 4.15. The van der Waals surface area contributed by atoms with Crippen molar-refractivity contribution >= 4 is 0 Å². The van der Waals surface area contributed by atoms with Gasteiger partial charge in [0.2, 0.25) is 0 Å². The van der Waals surface area contributed by atoms with Gasteiger partial charge in [-0.2, -0.15) is 5.26 Å². The van der Waals surface area contributed by atoms with Gasteiger partial charge < -0.3 is 0 Å². The van der Waals surface area contributed by atoms with Crippen LogP contribution in [0.2, 0.25) is 0 Å². The molecule has 2 unspecified atom stereocenters. The first-order chi connectivity index (χ1) is 10.1. The number of rotatable bonds is 0. The van der Waals surface area contributed by atoms with Crippen LogP contribution in [0, 0.1) is 51.8 Å². The molecule has 4 aliphatic rings. The summed E-state index contributed by atoms with van der Waals surface area (Å²) in [6.45, 7) is 5.11. The van der Waals surface area contributed by atoms with Gasteiger partial charge in [0.25, 0.3) is 0 Å². The first-order valence-electron chi connectivity index (χ1n) is 9.49. The van der Waals surface area contributed by atoms with Gasteiger partial charge in [-0.05, 0) is 85.9 Å².